The van der Waals surface area contributed by atoms with Crippen molar-refractivity contribution in [3.05, 3.63) is 29.8 Å². The zero-order valence-electron chi connectivity index (χ0n) is 9.63. The minimum Gasteiger partial charge on any atom is -0.490 e. The standard InChI is InChI=1S/C12H16O5/c1-16-7-10(13)8-17-11-5-3-2-4-9(11)6-12(14)15/h2-5,10,13H,6-8H2,1H3,(H,14,15). The molecule has 0 spiro atoms. The molecule has 94 valence electrons. The van der Waals surface area contributed by atoms with Crippen LogP contribution in [-0.4, -0.2) is 42.6 Å². The Kier molecular flexibility index (Phi) is 5.45. The van der Waals surface area contributed by atoms with E-state index >= 15 is 0 Å². The molecule has 5 nitrogen and oxygen atoms in total. The van der Waals surface area contributed by atoms with Crippen molar-refractivity contribution in [2.24, 2.45) is 0 Å². The van der Waals surface area contributed by atoms with E-state index in [-0.39, 0.29) is 19.6 Å². The highest BCUT2D eigenvalue weighted by atomic mass is 16.5. The van der Waals surface area contributed by atoms with Crippen molar-refractivity contribution in [2.75, 3.05) is 20.3 Å². The molecule has 0 aliphatic heterocycles. The molecule has 2 N–H and O–H groups in total. The van der Waals surface area contributed by atoms with Crippen molar-refractivity contribution in [2.45, 2.75) is 12.5 Å². The molecule has 1 unspecified atom stereocenters. The SMILES string of the molecule is COCC(O)COc1ccccc1CC(=O)O. The average molecular weight is 240 g/mol. The second-order valence-corrected chi connectivity index (χ2v) is 3.60. The number of aliphatic hydroxyl groups excluding tert-OH is 1. The number of carbonyl (C=O) groups is 1. The molecule has 0 amide bonds. The van der Waals surface area contributed by atoms with Crippen LogP contribution in [0.1, 0.15) is 5.56 Å². The average Bonchev–Trinajstić information content (AvgIpc) is 2.27. The number of aliphatic hydroxyl groups is 1. The van der Waals surface area contributed by atoms with Gasteiger partial charge in [0, 0.05) is 12.7 Å². The Bertz CT molecular complexity index is 364. The summed E-state index contributed by atoms with van der Waals surface area (Å²) in [6.07, 6.45) is -0.825. The molecule has 17 heavy (non-hydrogen) atoms. The Morgan fingerprint density at radius 1 is 1.35 bits per heavy atom. The fraction of sp³-hybridized carbons (Fsp3) is 0.417. The first-order valence-electron chi connectivity index (χ1n) is 5.23. The number of carboxylic acids is 1. The number of aliphatic carboxylic acids is 1. The Morgan fingerprint density at radius 3 is 2.71 bits per heavy atom. The number of carboxylic acid groups (broad SMARTS) is 1. The van der Waals surface area contributed by atoms with Gasteiger partial charge in [0.25, 0.3) is 0 Å². The second-order valence-electron chi connectivity index (χ2n) is 3.60. The third-order valence-electron chi connectivity index (χ3n) is 2.10. The maximum absolute atomic E-state index is 10.6. The molecule has 1 atom stereocenters. The highest BCUT2D eigenvalue weighted by molar-refractivity contribution is 5.71. The van der Waals surface area contributed by atoms with Gasteiger partial charge in [-0.05, 0) is 6.07 Å². The lowest BCUT2D eigenvalue weighted by atomic mass is 10.1. The maximum Gasteiger partial charge on any atom is 0.307 e. The summed E-state index contributed by atoms with van der Waals surface area (Å²) in [5.74, 6) is -0.441. The van der Waals surface area contributed by atoms with Crippen LogP contribution in [0.25, 0.3) is 0 Å². The van der Waals surface area contributed by atoms with Crippen molar-refractivity contribution >= 4 is 5.97 Å². The van der Waals surface area contributed by atoms with E-state index in [1.165, 1.54) is 7.11 Å². The van der Waals surface area contributed by atoms with Gasteiger partial charge in [0.2, 0.25) is 0 Å². The third-order valence-corrected chi connectivity index (χ3v) is 2.10. The van der Waals surface area contributed by atoms with Gasteiger partial charge in [0.1, 0.15) is 18.5 Å². The molecule has 0 fully saturated rings. The number of ether oxygens (including phenoxy) is 2. The lowest BCUT2D eigenvalue weighted by molar-refractivity contribution is -0.136. The highest BCUT2D eigenvalue weighted by Gasteiger charge is 2.09. The Labute approximate surface area is 99.6 Å². The van der Waals surface area contributed by atoms with E-state index in [1.807, 2.05) is 0 Å². The van der Waals surface area contributed by atoms with Crippen LogP contribution in [-0.2, 0) is 16.0 Å². The first-order chi connectivity index (χ1) is 8.13. The van der Waals surface area contributed by atoms with Gasteiger partial charge in [0.05, 0.1) is 13.0 Å². The summed E-state index contributed by atoms with van der Waals surface area (Å²) in [5.41, 5.74) is 0.588. The van der Waals surface area contributed by atoms with Crippen molar-refractivity contribution in [3.8, 4) is 5.75 Å². The highest BCUT2D eigenvalue weighted by Crippen LogP contribution is 2.18. The Morgan fingerprint density at radius 2 is 2.06 bits per heavy atom. The molecule has 1 rings (SSSR count). The van der Waals surface area contributed by atoms with Crippen molar-refractivity contribution in [3.63, 3.8) is 0 Å². The third kappa shape index (κ3) is 4.84. The van der Waals surface area contributed by atoms with Crippen LogP contribution in [0, 0.1) is 0 Å². The number of hydrogen-bond donors (Lipinski definition) is 2. The van der Waals surface area contributed by atoms with Crippen LogP contribution < -0.4 is 4.74 Å². The predicted molar refractivity (Wildman–Crippen MR) is 61.2 cm³/mol. The molecule has 0 aromatic heterocycles. The van der Waals surface area contributed by atoms with Crippen LogP contribution in [0.15, 0.2) is 24.3 Å². The first-order valence-corrected chi connectivity index (χ1v) is 5.23. The quantitative estimate of drug-likeness (QED) is 0.733. The summed E-state index contributed by atoms with van der Waals surface area (Å²) >= 11 is 0. The van der Waals surface area contributed by atoms with E-state index in [9.17, 15) is 9.90 Å². The maximum atomic E-state index is 10.6. The summed E-state index contributed by atoms with van der Waals surface area (Å²) in [5, 5.41) is 18.1. The topological polar surface area (TPSA) is 76.0 Å². The minimum atomic E-state index is -0.918. The van der Waals surface area contributed by atoms with E-state index < -0.39 is 12.1 Å². The summed E-state index contributed by atoms with van der Waals surface area (Å²) in [7, 11) is 1.49. The summed E-state index contributed by atoms with van der Waals surface area (Å²) in [4.78, 5) is 10.6. The van der Waals surface area contributed by atoms with Crippen LogP contribution in [0.2, 0.25) is 0 Å². The van der Waals surface area contributed by atoms with Crippen LogP contribution in [0.4, 0.5) is 0 Å². The molecule has 5 heteroatoms. The van der Waals surface area contributed by atoms with Crippen molar-refractivity contribution < 1.29 is 24.5 Å². The molecule has 0 saturated heterocycles. The second kappa shape index (κ2) is 6.88. The molecule has 0 bridgehead atoms. The molecule has 0 aliphatic carbocycles. The molecule has 1 aromatic carbocycles. The first kappa shape index (κ1) is 13.5. The van der Waals surface area contributed by atoms with E-state index in [4.69, 9.17) is 14.6 Å². The summed E-state index contributed by atoms with van der Waals surface area (Å²) in [6, 6.07) is 6.87. The van der Waals surface area contributed by atoms with Gasteiger partial charge in [0.15, 0.2) is 0 Å². The van der Waals surface area contributed by atoms with Gasteiger partial charge in [-0.3, -0.25) is 4.79 Å². The van der Waals surface area contributed by atoms with Gasteiger partial charge in [-0.25, -0.2) is 0 Å². The van der Waals surface area contributed by atoms with E-state index in [0.717, 1.165) is 0 Å². The Hall–Kier alpha value is -1.59. The van der Waals surface area contributed by atoms with Crippen LogP contribution in [0.5, 0.6) is 5.75 Å². The minimum absolute atomic E-state index is 0.0739. The fourth-order valence-corrected chi connectivity index (χ4v) is 1.38. The lowest BCUT2D eigenvalue weighted by Gasteiger charge is -2.13. The van der Waals surface area contributed by atoms with Gasteiger partial charge in [-0.2, -0.15) is 0 Å². The largest absolute Gasteiger partial charge is 0.490 e. The Balaban J connectivity index is 2.60. The summed E-state index contributed by atoms with van der Waals surface area (Å²) in [6.45, 7) is 0.256. The van der Waals surface area contributed by atoms with Crippen molar-refractivity contribution in [1.82, 2.24) is 0 Å². The molecule has 0 radical (unpaired) electrons. The zero-order valence-corrected chi connectivity index (χ0v) is 9.63. The van der Waals surface area contributed by atoms with Gasteiger partial charge >= 0.3 is 5.97 Å². The van der Waals surface area contributed by atoms with Gasteiger partial charge < -0.3 is 19.7 Å². The number of benzene rings is 1. The zero-order chi connectivity index (χ0) is 12.7. The number of para-hydroxylation sites is 1. The summed E-state index contributed by atoms with van der Waals surface area (Å²) < 4.78 is 10.1. The van der Waals surface area contributed by atoms with E-state index in [1.54, 1.807) is 24.3 Å². The molecule has 0 saturated carbocycles. The van der Waals surface area contributed by atoms with Crippen LogP contribution in [0.3, 0.4) is 0 Å². The van der Waals surface area contributed by atoms with Crippen LogP contribution >= 0.6 is 0 Å². The molecule has 0 aliphatic rings. The number of hydrogen-bond acceptors (Lipinski definition) is 4. The molecular formula is C12H16O5. The van der Waals surface area contributed by atoms with Crippen molar-refractivity contribution in [1.29, 1.82) is 0 Å². The smallest absolute Gasteiger partial charge is 0.307 e. The predicted octanol–water partition coefficient (Wildman–Crippen LogP) is 0.700. The van der Waals surface area contributed by atoms with E-state index in [0.29, 0.717) is 11.3 Å². The molecule has 0 heterocycles. The molecular weight excluding hydrogens is 224 g/mol. The fourth-order valence-electron chi connectivity index (χ4n) is 1.38. The number of rotatable bonds is 7. The monoisotopic (exact) mass is 240 g/mol. The lowest BCUT2D eigenvalue weighted by Crippen LogP contribution is -2.23. The number of methoxy groups -OCH3 is 1. The normalized spacial score (nSPS) is 12.1. The van der Waals surface area contributed by atoms with Gasteiger partial charge in [-0.1, -0.05) is 18.2 Å². The van der Waals surface area contributed by atoms with Gasteiger partial charge in [-0.15, -0.1) is 0 Å². The molecule has 1 aromatic rings. The van der Waals surface area contributed by atoms with E-state index in [2.05, 4.69) is 0 Å².